The lowest BCUT2D eigenvalue weighted by molar-refractivity contribution is -0.139. The van der Waals surface area contributed by atoms with Gasteiger partial charge in [0.05, 0.1) is 13.2 Å². The molecular weight excluding hydrogens is 282 g/mol. The Balaban J connectivity index is 2.27. The van der Waals surface area contributed by atoms with Gasteiger partial charge in [0, 0.05) is 46.3 Å². The molecule has 2 amide bonds. The van der Waals surface area contributed by atoms with Crippen molar-refractivity contribution in [1.82, 2.24) is 15.1 Å². The summed E-state index contributed by atoms with van der Waals surface area (Å²) in [5.41, 5.74) is 0. The molecule has 1 N–H and O–H groups in total. The predicted molar refractivity (Wildman–Crippen MR) is 86.6 cm³/mol. The third-order valence-electron chi connectivity index (χ3n) is 4.18. The normalized spacial score (nSPS) is 15.9. The highest BCUT2D eigenvalue weighted by molar-refractivity contribution is 5.80. The highest BCUT2D eigenvalue weighted by Crippen LogP contribution is 2.19. The fourth-order valence-corrected chi connectivity index (χ4v) is 2.67. The summed E-state index contributed by atoms with van der Waals surface area (Å²) >= 11 is 0. The molecule has 1 aliphatic rings. The first-order chi connectivity index (χ1) is 10.6. The minimum Gasteiger partial charge on any atom is -0.383 e. The van der Waals surface area contributed by atoms with Crippen LogP contribution in [-0.4, -0.2) is 75.1 Å². The number of hydrogen-bond acceptors (Lipinski definition) is 4. The molecule has 1 aliphatic heterocycles. The smallest absolute Gasteiger partial charge is 0.236 e. The number of likely N-dealkylation sites (tertiary alicyclic amines) is 1. The molecule has 1 rings (SSSR count). The van der Waals surface area contributed by atoms with Gasteiger partial charge in [-0.15, -0.1) is 0 Å². The molecule has 0 aliphatic carbocycles. The van der Waals surface area contributed by atoms with E-state index in [2.05, 4.69) is 12.2 Å². The molecule has 0 spiro atoms. The second-order valence-corrected chi connectivity index (χ2v) is 5.94. The van der Waals surface area contributed by atoms with Gasteiger partial charge < -0.3 is 19.9 Å². The molecule has 0 radical (unpaired) electrons. The number of rotatable bonds is 9. The van der Waals surface area contributed by atoms with Crippen molar-refractivity contribution >= 4 is 11.8 Å². The van der Waals surface area contributed by atoms with Crippen LogP contribution in [0.3, 0.4) is 0 Å². The van der Waals surface area contributed by atoms with Crippen LogP contribution in [0.4, 0.5) is 0 Å². The first kappa shape index (κ1) is 18.9. The van der Waals surface area contributed by atoms with Crippen molar-refractivity contribution in [3.8, 4) is 0 Å². The molecule has 0 unspecified atom stereocenters. The lowest BCUT2D eigenvalue weighted by Crippen LogP contribution is -2.46. The average molecular weight is 313 g/mol. The summed E-state index contributed by atoms with van der Waals surface area (Å²) in [5, 5.41) is 3.07. The Morgan fingerprint density at radius 3 is 2.59 bits per heavy atom. The van der Waals surface area contributed by atoms with E-state index in [1.165, 1.54) is 0 Å². The van der Waals surface area contributed by atoms with E-state index in [0.717, 1.165) is 32.2 Å². The summed E-state index contributed by atoms with van der Waals surface area (Å²) in [4.78, 5) is 28.1. The second kappa shape index (κ2) is 10.6. The summed E-state index contributed by atoms with van der Waals surface area (Å²) in [6.45, 7) is 5.96. The topological polar surface area (TPSA) is 61.9 Å². The Kier molecular flexibility index (Phi) is 9.08. The molecule has 0 aromatic carbocycles. The zero-order valence-electron chi connectivity index (χ0n) is 14.3. The van der Waals surface area contributed by atoms with Crippen LogP contribution in [-0.2, 0) is 14.3 Å². The van der Waals surface area contributed by atoms with Crippen LogP contribution >= 0.6 is 0 Å². The van der Waals surface area contributed by atoms with Gasteiger partial charge in [-0.2, -0.15) is 0 Å². The quantitative estimate of drug-likeness (QED) is 0.637. The van der Waals surface area contributed by atoms with E-state index in [1.807, 2.05) is 16.8 Å². The summed E-state index contributed by atoms with van der Waals surface area (Å²) in [6, 6.07) is 0. The molecule has 0 atom stereocenters. The lowest BCUT2D eigenvalue weighted by Gasteiger charge is -2.33. The predicted octanol–water partition coefficient (Wildman–Crippen LogP) is 0.720. The molecule has 0 aromatic heterocycles. The summed E-state index contributed by atoms with van der Waals surface area (Å²) < 4.78 is 4.93. The summed E-state index contributed by atoms with van der Waals surface area (Å²) in [7, 11) is 3.53. The highest BCUT2D eigenvalue weighted by Gasteiger charge is 2.28. The summed E-state index contributed by atoms with van der Waals surface area (Å²) in [5.74, 6) is 0.424. The zero-order valence-corrected chi connectivity index (χ0v) is 14.3. The van der Waals surface area contributed by atoms with Crippen LogP contribution in [0.25, 0.3) is 0 Å². The number of piperidine rings is 1. The van der Waals surface area contributed by atoms with Crippen molar-refractivity contribution in [2.24, 2.45) is 5.92 Å². The molecule has 1 fully saturated rings. The molecule has 1 saturated heterocycles. The van der Waals surface area contributed by atoms with Gasteiger partial charge in [0.25, 0.3) is 0 Å². The van der Waals surface area contributed by atoms with Gasteiger partial charge in [0.15, 0.2) is 0 Å². The fraction of sp³-hybridized carbons (Fsp3) is 0.875. The van der Waals surface area contributed by atoms with Crippen molar-refractivity contribution in [3.63, 3.8) is 0 Å². The Morgan fingerprint density at radius 2 is 2.00 bits per heavy atom. The van der Waals surface area contributed by atoms with Crippen LogP contribution in [0.1, 0.15) is 32.6 Å². The maximum Gasteiger partial charge on any atom is 0.236 e. The molecule has 22 heavy (non-hydrogen) atoms. The standard InChI is InChI=1S/C16H31N3O3/c1-4-5-9-18(2)16(21)14-6-10-19(11-7-14)15(20)13-17-8-12-22-3/h14,17H,4-13H2,1-3H3. The van der Waals surface area contributed by atoms with Gasteiger partial charge in [0.2, 0.25) is 11.8 Å². The van der Waals surface area contributed by atoms with Crippen LogP contribution in [0.5, 0.6) is 0 Å². The SMILES string of the molecule is CCCCN(C)C(=O)C1CCN(C(=O)CNCCOC)CC1. The molecule has 6 nitrogen and oxygen atoms in total. The first-order valence-electron chi connectivity index (χ1n) is 8.32. The van der Waals surface area contributed by atoms with Crippen LogP contribution in [0.2, 0.25) is 0 Å². The zero-order chi connectivity index (χ0) is 16.4. The maximum absolute atomic E-state index is 12.3. The number of amides is 2. The Morgan fingerprint density at radius 1 is 1.32 bits per heavy atom. The van der Waals surface area contributed by atoms with Crippen molar-refractivity contribution in [2.75, 3.05) is 53.5 Å². The van der Waals surface area contributed by atoms with Gasteiger partial charge in [0.1, 0.15) is 0 Å². The Bertz CT molecular complexity index is 342. The molecule has 0 bridgehead atoms. The monoisotopic (exact) mass is 313 g/mol. The van der Waals surface area contributed by atoms with E-state index in [9.17, 15) is 9.59 Å². The molecule has 0 saturated carbocycles. The molecular formula is C16H31N3O3. The van der Waals surface area contributed by atoms with Gasteiger partial charge in [-0.25, -0.2) is 0 Å². The van der Waals surface area contributed by atoms with E-state index in [0.29, 0.717) is 32.8 Å². The largest absolute Gasteiger partial charge is 0.383 e. The Labute approximate surface area is 134 Å². The molecule has 128 valence electrons. The van der Waals surface area contributed by atoms with E-state index < -0.39 is 0 Å². The molecule has 6 heteroatoms. The van der Waals surface area contributed by atoms with Crippen molar-refractivity contribution < 1.29 is 14.3 Å². The third kappa shape index (κ3) is 6.32. The number of ether oxygens (including phenoxy) is 1. The number of carbonyl (C=O) groups excluding carboxylic acids is 2. The maximum atomic E-state index is 12.3. The summed E-state index contributed by atoms with van der Waals surface area (Å²) in [6.07, 6.45) is 3.70. The van der Waals surface area contributed by atoms with Crippen molar-refractivity contribution in [2.45, 2.75) is 32.6 Å². The molecule has 0 aromatic rings. The van der Waals surface area contributed by atoms with Gasteiger partial charge >= 0.3 is 0 Å². The minimum absolute atomic E-state index is 0.0763. The number of carbonyl (C=O) groups is 2. The van der Waals surface area contributed by atoms with Crippen LogP contribution in [0, 0.1) is 5.92 Å². The number of nitrogens with one attached hydrogen (secondary N) is 1. The van der Waals surface area contributed by atoms with E-state index in [-0.39, 0.29) is 17.7 Å². The van der Waals surface area contributed by atoms with Gasteiger partial charge in [-0.3, -0.25) is 9.59 Å². The highest BCUT2D eigenvalue weighted by atomic mass is 16.5. The number of hydrogen-bond donors (Lipinski definition) is 1. The van der Waals surface area contributed by atoms with E-state index in [1.54, 1.807) is 7.11 Å². The molecule has 1 heterocycles. The third-order valence-corrected chi connectivity index (χ3v) is 4.18. The first-order valence-corrected chi connectivity index (χ1v) is 8.32. The van der Waals surface area contributed by atoms with Gasteiger partial charge in [-0.1, -0.05) is 13.3 Å². The number of nitrogens with zero attached hydrogens (tertiary/aromatic N) is 2. The van der Waals surface area contributed by atoms with Crippen LogP contribution < -0.4 is 5.32 Å². The van der Waals surface area contributed by atoms with Crippen LogP contribution in [0.15, 0.2) is 0 Å². The lowest BCUT2D eigenvalue weighted by atomic mass is 9.95. The Hall–Kier alpha value is -1.14. The number of unbranched alkanes of at least 4 members (excludes halogenated alkanes) is 1. The fourth-order valence-electron chi connectivity index (χ4n) is 2.67. The van der Waals surface area contributed by atoms with Crippen molar-refractivity contribution in [1.29, 1.82) is 0 Å². The van der Waals surface area contributed by atoms with E-state index in [4.69, 9.17) is 4.74 Å². The second-order valence-electron chi connectivity index (χ2n) is 5.94. The average Bonchev–Trinajstić information content (AvgIpc) is 2.55. The number of methoxy groups -OCH3 is 1. The minimum atomic E-state index is 0.0763. The van der Waals surface area contributed by atoms with Crippen molar-refractivity contribution in [3.05, 3.63) is 0 Å². The van der Waals surface area contributed by atoms with Gasteiger partial charge in [-0.05, 0) is 19.3 Å². The van der Waals surface area contributed by atoms with E-state index >= 15 is 0 Å².